The van der Waals surface area contributed by atoms with Crippen LogP contribution in [0.5, 0.6) is 0 Å². The highest BCUT2D eigenvalue weighted by molar-refractivity contribution is 8.24. The number of hydrogen-bond donors (Lipinski definition) is 2. The van der Waals surface area contributed by atoms with Crippen LogP contribution in [0.3, 0.4) is 0 Å². The van der Waals surface area contributed by atoms with E-state index in [0.717, 1.165) is 0 Å². The highest BCUT2D eigenvalue weighted by atomic mass is 36.0. The number of hydrogen-bond acceptors (Lipinski definition) is 3. The molecule has 0 unspecified atom stereocenters. The summed E-state index contributed by atoms with van der Waals surface area (Å²) in [5, 5.41) is 13.6. The van der Waals surface area contributed by atoms with Crippen molar-refractivity contribution in [3.8, 4) is 0 Å². The third-order valence-corrected chi connectivity index (χ3v) is 0.856. The molecule has 2 N–H and O–H groups in total. The van der Waals surface area contributed by atoms with E-state index in [0.29, 0.717) is 0 Å². The highest BCUT2D eigenvalue weighted by Gasteiger charge is 2.13. The molecule has 3 nitrogen and oxygen atoms in total. The Hall–Kier alpha value is 1.02. The van der Waals surface area contributed by atoms with E-state index >= 15 is 0 Å². The van der Waals surface area contributed by atoms with Gasteiger partial charge in [0.25, 0.3) is 0 Å². The van der Waals surface area contributed by atoms with Crippen LogP contribution in [0.25, 0.3) is 0 Å². The van der Waals surface area contributed by atoms with Crippen molar-refractivity contribution in [2.24, 2.45) is 5.41 Å². The molecule has 0 saturated heterocycles. The average molecular weight is 257 g/mol. The molecule has 0 atom stereocenters. The van der Waals surface area contributed by atoms with E-state index in [1.54, 1.807) is 13.8 Å². The van der Waals surface area contributed by atoms with Gasteiger partial charge >= 0.3 is 5.20 Å². The Bertz CT molecular complexity index is 142. The Kier molecular flexibility index (Phi) is 8.35. The molecule has 0 radical (unpaired) electrons. The molecule has 0 amide bonds. The molecule has 0 aliphatic heterocycles. The maximum absolute atomic E-state index is 9.51. The van der Waals surface area contributed by atoms with Crippen molar-refractivity contribution in [3.05, 3.63) is 0 Å². The monoisotopic (exact) mass is 256 g/mol. The molecule has 76 valence electrons. The zero-order valence-electron chi connectivity index (χ0n) is 6.80. The van der Waals surface area contributed by atoms with E-state index < -0.39 is 5.20 Å². The van der Waals surface area contributed by atoms with Crippen LogP contribution in [0.15, 0.2) is 0 Å². The van der Waals surface area contributed by atoms with Gasteiger partial charge in [0.05, 0.1) is 13.2 Å². The largest absolute Gasteiger partial charge is 0.396 e. The fraction of sp³-hybridized carbons (Fsp3) is 1.00. The van der Waals surface area contributed by atoms with Crippen LogP contribution in [0.2, 0.25) is 0 Å². The summed E-state index contributed by atoms with van der Waals surface area (Å²) in [6.07, 6.45) is 0. The second-order valence-corrected chi connectivity index (χ2v) is 9.52. The maximum Gasteiger partial charge on any atom is 0.339 e. The fourth-order valence-corrected chi connectivity index (χ4v) is 0.0500. The van der Waals surface area contributed by atoms with E-state index in [1.165, 1.54) is 0 Å². The van der Waals surface area contributed by atoms with Crippen molar-refractivity contribution in [3.63, 3.8) is 0 Å². The van der Waals surface area contributed by atoms with Gasteiger partial charge in [-0.2, -0.15) is 0 Å². The van der Waals surface area contributed by atoms with Crippen molar-refractivity contribution in [2.45, 2.75) is 13.8 Å². The van der Waals surface area contributed by atoms with Crippen LogP contribution in [0, 0.1) is 5.41 Å². The summed E-state index contributed by atoms with van der Waals surface area (Å²) in [5.41, 5.74) is -0.306. The summed E-state index contributed by atoms with van der Waals surface area (Å²) < 4.78 is 9.51. The summed E-state index contributed by atoms with van der Waals surface area (Å²) in [6.45, 7) is 3.69. The lowest BCUT2D eigenvalue weighted by atomic mass is 9.97. The van der Waals surface area contributed by atoms with Crippen LogP contribution in [0.4, 0.5) is 0 Å². The summed E-state index contributed by atoms with van der Waals surface area (Å²) in [5.74, 6) is 0. The van der Waals surface area contributed by atoms with Gasteiger partial charge in [-0.05, 0) is 33.7 Å². The van der Waals surface area contributed by atoms with Crippen LogP contribution in [-0.4, -0.2) is 23.4 Å². The van der Waals surface area contributed by atoms with E-state index in [1.807, 2.05) is 0 Å². The van der Waals surface area contributed by atoms with Crippen molar-refractivity contribution in [1.29, 1.82) is 0 Å². The Morgan fingerprint density at radius 1 is 1.17 bits per heavy atom. The summed E-state index contributed by atoms with van der Waals surface area (Å²) >= 11 is 13.8. The Morgan fingerprint density at radius 2 is 1.33 bits per heavy atom. The normalized spacial score (nSPS) is 11.9. The zero-order valence-corrected chi connectivity index (χ0v) is 9.96. The predicted molar refractivity (Wildman–Crippen MR) is 53.1 cm³/mol. The van der Waals surface area contributed by atoms with Crippen LogP contribution in [0.1, 0.15) is 13.8 Å². The van der Waals surface area contributed by atoms with Gasteiger partial charge in [-0.1, -0.05) is 13.8 Å². The highest BCUT2D eigenvalue weighted by Crippen LogP contribution is 2.61. The smallest absolute Gasteiger partial charge is 0.339 e. The second-order valence-electron chi connectivity index (χ2n) is 2.88. The molecule has 0 spiro atoms. The topological polar surface area (TPSA) is 57.5 Å². The van der Waals surface area contributed by atoms with Gasteiger partial charge in [0.1, 0.15) is 0 Å². The van der Waals surface area contributed by atoms with Crippen LogP contribution < -0.4 is 0 Å². The van der Waals surface area contributed by atoms with E-state index in [-0.39, 0.29) is 18.6 Å². The summed E-state index contributed by atoms with van der Waals surface area (Å²) in [7, 11) is 0. The molecular weight excluding hydrogens is 245 g/mol. The third-order valence-electron chi connectivity index (χ3n) is 0.856. The molecule has 0 rings (SSSR count). The van der Waals surface area contributed by atoms with E-state index in [9.17, 15) is 4.57 Å². The average Bonchev–Trinajstić information content (AvgIpc) is 1.85. The molecule has 12 heavy (non-hydrogen) atoms. The van der Waals surface area contributed by atoms with Gasteiger partial charge < -0.3 is 10.2 Å². The minimum Gasteiger partial charge on any atom is -0.396 e. The van der Waals surface area contributed by atoms with Gasteiger partial charge in [0.15, 0.2) is 0 Å². The molecule has 0 aliphatic rings. The lowest BCUT2D eigenvalue weighted by molar-refractivity contribution is 0.0857. The molecule has 0 aliphatic carbocycles. The first-order valence-electron chi connectivity index (χ1n) is 3.03. The van der Waals surface area contributed by atoms with Crippen LogP contribution >= 0.6 is 38.9 Å². The first-order valence-corrected chi connectivity index (χ1v) is 7.45. The van der Waals surface area contributed by atoms with Gasteiger partial charge in [-0.15, -0.1) is 0 Å². The SMILES string of the molecule is CC(C)(CO)CO.O=P(Cl)(Cl)Cl. The molecule has 0 saturated carbocycles. The molecule has 0 heterocycles. The van der Waals surface area contributed by atoms with Crippen molar-refractivity contribution in [2.75, 3.05) is 13.2 Å². The molecule has 7 heteroatoms. The third kappa shape index (κ3) is 22.5. The molecule has 0 aromatic carbocycles. The minimum atomic E-state index is -3.22. The lowest BCUT2D eigenvalue weighted by Crippen LogP contribution is -2.20. The number of aliphatic hydroxyl groups is 2. The Labute approximate surface area is 86.4 Å². The van der Waals surface area contributed by atoms with Crippen molar-refractivity contribution >= 4 is 38.9 Å². The molecule has 0 aromatic heterocycles. The summed E-state index contributed by atoms with van der Waals surface area (Å²) in [6, 6.07) is 0. The van der Waals surface area contributed by atoms with Gasteiger partial charge in [0, 0.05) is 5.41 Å². The van der Waals surface area contributed by atoms with Crippen LogP contribution in [-0.2, 0) is 4.57 Å². The quantitative estimate of drug-likeness (QED) is 0.748. The zero-order chi connectivity index (χ0) is 10.4. The van der Waals surface area contributed by atoms with Gasteiger partial charge in [-0.3, -0.25) is 4.57 Å². The number of halogens is 3. The molecule has 0 bridgehead atoms. The first kappa shape index (κ1) is 15.5. The second kappa shape index (κ2) is 6.47. The molecule has 0 fully saturated rings. The summed E-state index contributed by atoms with van der Waals surface area (Å²) in [4.78, 5) is 0. The lowest BCUT2D eigenvalue weighted by Gasteiger charge is -2.16. The van der Waals surface area contributed by atoms with Crippen molar-refractivity contribution in [1.82, 2.24) is 0 Å². The predicted octanol–water partition coefficient (Wildman–Crippen LogP) is 2.81. The number of rotatable bonds is 2. The first-order chi connectivity index (χ1) is 5.12. The van der Waals surface area contributed by atoms with E-state index in [4.69, 9.17) is 10.2 Å². The fourth-order valence-electron chi connectivity index (χ4n) is 0.0500. The molecular formula is C5H12Cl3O3P. The number of aliphatic hydroxyl groups excluding tert-OH is 2. The van der Waals surface area contributed by atoms with Gasteiger partial charge in [0.2, 0.25) is 0 Å². The van der Waals surface area contributed by atoms with Gasteiger partial charge in [-0.25, -0.2) is 0 Å². The van der Waals surface area contributed by atoms with E-state index in [2.05, 4.69) is 33.7 Å². The Balaban J connectivity index is 0. The van der Waals surface area contributed by atoms with Crippen molar-refractivity contribution < 1.29 is 14.8 Å². The Morgan fingerprint density at radius 3 is 1.33 bits per heavy atom. The maximum atomic E-state index is 9.51. The standard InChI is InChI=1S/C5H12O2.Cl3OP/c1-5(2,3-6)4-7;1-5(2,3)4/h6-7H,3-4H2,1-2H3;. The molecule has 0 aromatic rings. The minimum absolute atomic E-state index is 0.0451.